The van der Waals surface area contributed by atoms with Crippen molar-refractivity contribution in [3.63, 3.8) is 0 Å². The fourth-order valence-electron chi connectivity index (χ4n) is 5.11. The average molecular weight is 668 g/mol. The van der Waals surface area contributed by atoms with Crippen LogP contribution in [0.2, 0.25) is 0 Å². The van der Waals surface area contributed by atoms with Crippen LogP contribution in [-0.2, 0) is 34.5 Å². The second-order valence-corrected chi connectivity index (χ2v) is 12.1. The number of carbonyl (C=O) groups excluding carboxylic acids is 1. The number of aryl methyl sites for hydroxylation is 1. The molecule has 1 amide bonds. The van der Waals surface area contributed by atoms with E-state index in [1.165, 1.54) is 19.2 Å². The fraction of sp³-hybridized carbons (Fsp3) is 0.429. The van der Waals surface area contributed by atoms with Gasteiger partial charge < -0.3 is 10.3 Å². The van der Waals surface area contributed by atoms with Crippen molar-refractivity contribution in [1.82, 2.24) is 25.5 Å². The quantitative estimate of drug-likeness (QED) is 0.0677. The molecule has 3 aromatic heterocycles. The zero-order valence-electron chi connectivity index (χ0n) is 27.8. The van der Waals surface area contributed by atoms with E-state index < -0.39 is 17.3 Å². The predicted molar refractivity (Wildman–Crippen MR) is 175 cm³/mol. The topological polar surface area (TPSA) is 118 Å². The Morgan fingerprint density at radius 2 is 1.90 bits per heavy atom. The number of nitrogens with zero attached hydrogens (tertiary/aromatic N) is 5. The highest BCUT2D eigenvalue weighted by atomic mass is 19.4. The van der Waals surface area contributed by atoms with Crippen LogP contribution in [0.15, 0.2) is 70.7 Å². The smallest absolute Gasteiger partial charge is 0.347 e. The number of rotatable bonds is 12. The summed E-state index contributed by atoms with van der Waals surface area (Å²) >= 11 is 0. The maximum Gasteiger partial charge on any atom is 0.416 e. The molecule has 5 rings (SSSR count). The van der Waals surface area contributed by atoms with Crippen molar-refractivity contribution in [1.29, 1.82) is 0 Å². The summed E-state index contributed by atoms with van der Waals surface area (Å²) in [6, 6.07) is 11.0. The number of azo groups is 1. The van der Waals surface area contributed by atoms with Gasteiger partial charge in [-0.1, -0.05) is 44.0 Å². The Kier molecular flexibility index (Phi) is 12.1. The standard InChI is InChI=1S/C21H22F3N3.C14H19FN4O2/c1-2-3-4-8-16-12-17-18(14-6-5-7-15(11-14)21(22,23)24)19(13-9-10-13)25-20(17)27-26-16;1-5-11(19-16-4)13(20)18-9-10-6-7-12(17-8-10)14(2,3)21-15/h5-7,11-13H,2-4,8-10H2,1H3,(H,25,27);5-8H,9H2,1-4H3,(H,18,20)/b;11-5-,19-16?. The van der Waals surface area contributed by atoms with Gasteiger partial charge in [-0.05, 0) is 92.3 Å². The SMILES string of the molecule is C/C=C(\N=NC)C(=O)NCc1ccc(C(C)(C)OF)nc1.CCCCCc1cc2c(-c3cccc(C(F)(F)F)c3)c(C3CC3)[nH]c2nn1. The van der Waals surface area contributed by atoms with E-state index in [9.17, 15) is 22.5 Å². The number of unbranched alkanes of at least 4 members (excludes halogenated alkanes) is 2. The van der Waals surface area contributed by atoms with Crippen molar-refractivity contribution in [3.05, 3.63) is 88.6 Å². The van der Waals surface area contributed by atoms with Gasteiger partial charge in [0.05, 0.1) is 17.0 Å². The minimum atomic E-state index is -4.35. The van der Waals surface area contributed by atoms with Crippen LogP contribution in [0.5, 0.6) is 0 Å². The fourth-order valence-corrected chi connectivity index (χ4v) is 5.11. The number of nitrogens with one attached hydrogen (secondary N) is 2. The summed E-state index contributed by atoms with van der Waals surface area (Å²) in [5.41, 5.74) is 3.76. The largest absolute Gasteiger partial charge is 0.416 e. The van der Waals surface area contributed by atoms with E-state index in [0.29, 0.717) is 29.4 Å². The number of allylic oxidation sites excluding steroid dienone is 1. The van der Waals surface area contributed by atoms with Gasteiger partial charge in [-0.15, -0.1) is 5.10 Å². The van der Waals surface area contributed by atoms with Gasteiger partial charge in [-0.2, -0.15) is 33.4 Å². The molecule has 13 heteroatoms. The van der Waals surface area contributed by atoms with E-state index in [1.807, 2.05) is 6.07 Å². The molecule has 3 heterocycles. The van der Waals surface area contributed by atoms with Gasteiger partial charge in [0.15, 0.2) is 5.65 Å². The zero-order valence-corrected chi connectivity index (χ0v) is 27.8. The molecule has 2 N–H and O–H groups in total. The normalized spacial score (nSPS) is 13.9. The van der Waals surface area contributed by atoms with Crippen LogP contribution in [0, 0.1) is 0 Å². The Bertz CT molecular complexity index is 1740. The molecule has 4 aromatic rings. The highest BCUT2D eigenvalue weighted by molar-refractivity contribution is 5.96. The summed E-state index contributed by atoms with van der Waals surface area (Å²) in [6.07, 6.45) is 5.01. The molecular formula is C35H41F4N7O2. The first-order valence-electron chi connectivity index (χ1n) is 16.0. The summed E-state index contributed by atoms with van der Waals surface area (Å²) in [4.78, 5) is 23.1. The number of fused-ring (bicyclic) bond motifs is 1. The number of carbonyl (C=O) groups is 1. The third kappa shape index (κ3) is 9.30. The minimum absolute atomic E-state index is 0.244. The van der Waals surface area contributed by atoms with E-state index in [1.54, 1.807) is 51.2 Å². The minimum Gasteiger partial charge on any atom is -0.347 e. The van der Waals surface area contributed by atoms with Gasteiger partial charge in [0.25, 0.3) is 5.91 Å². The third-order valence-electron chi connectivity index (χ3n) is 7.94. The lowest BCUT2D eigenvalue weighted by Gasteiger charge is -2.18. The van der Waals surface area contributed by atoms with Crippen molar-refractivity contribution in [2.24, 2.45) is 10.2 Å². The van der Waals surface area contributed by atoms with Gasteiger partial charge in [0, 0.05) is 36.4 Å². The van der Waals surface area contributed by atoms with Crippen molar-refractivity contribution in [2.45, 2.75) is 90.5 Å². The summed E-state index contributed by atoms with van der Waals surface area (Å²) in [7, 11) is 1.49. The molecule has 0 bridgehead atoms. The highest BCUT2D eigenvalue weighted by Gasteiger charge is 2.33. The Hall–Kier alpha value is -4.52. The van der Waals surface area contributed by atoms with Gasteiger partial charge in [-0.3, -0.25) is 9.78 Å². The highest BCUT2D eigenvalue weighted by Crippen LogP contribution is 2.47. The van der Waals surface area contributed by atoms with Crippen LogP contribution in [0.25, 0.3) is 22.2 Å². The first kappa shape index (κ1) is 36.3. The van der Waals surface area contributed by atoms with Gasteiger partial charge in [-0.25, -0.2) is 0 Å². The Labute approximate surface area is 277 Å². The zero-order chi connectivity index (χ0) is 34.9. The number of pyridine rings is 1. The summed E-state index contributed by atoms with van der Waals surface area (Å²) in [6.45, 7) is 7.29. The molecule has 0 radical (unpaired) electrons. The number of benzene rings is 1. The van der Waals surface area contributed by atoms with Crippen LogP contribution < -0.4 is 5.32 Å². The number of aromatic nitrogens is 4. The predicted octanol–water partition coefficient (Wildman–Crippen LogP) is 9.07. The van der Waals surface area contributed by atoms with Crippen molar-refractivity contribution >= 4 is 16.9 Å². The molecule has 0 atom stereocenters. The molecule has 0 spiro atoms. The second kappa shape index (κ2) is 16.1. The molecular weight excluding hydrogens is 626 g/mol. The lowest BCUT2D eigenvalue weighted by molar-refractivity contribution is -0.229. The maximum absolute atomic E-state index is 13.2. The molecule has 1 aromatic carbocycles. The van der Waals surface area contributed by atoms with Crippen LogP contribution in [0.1, 0.15) is 93.9 Å². The lowest BCUT2D eigenvalue weighted by Crippen LogP contribution is -2.24. The molecule has 256 valence electrons. The first-order chi connectivity index (χ1) is 22.9. The number of hydrogen-bond acceptors (Lipinski definition) is 7. The van der Waals surface area contributed by atoms with Crippen LogP contribution >= 0.6 is 0 Å². The third-order valence-corrected chi connectivity index (χ3v) is 7.94. The van der Waals surface area contributed by atoms with E-state index in [0.717, 1.165) is 72.5 Å². The molecule has 1 aliphatic carbocycles. The number of H-pyrrole nitrogens is 1. The lowest BCUT2D eigenvalue weighted by atomic mass is 9.98. The molecule has 0 saturated heterocycles. The van der Waals surface area contributed by atoms with Gasteiger partial charge >= 0.3 is 6.18 Å². The van der Waals surface area contributed by atoms with Crippen LogP contribution in [0.3, 0.4) is 0 Å². The average Bonchev–Trinajstić information content (AvgIpc) is 3.86. The molecule has 0 unspecified atom stereocenters. The Morgan fingerprint density at radius 1 is 1.12 bits per heavy atom. The summed E-state index contributed by atoms with van der Waals surface area (Å²) in [5.74, 6) is 0.0480. The molecule has 48 heavy (non-hydrogen) atoms. The number of amides is 1. The number of alkyl halides is 3. The van der Waals surface area contributed by atoms with E-state index in [2.05, 4.69) is 47.6 Å². The number of hydrogen-bond donors (Lipinski definition) is 2. The van der Waals surface area contributed by atoms with E-state index in [-0.39, 0.29) is 11.6 Å². The van der Waals surface area contributed by atoms with Crippen LogP contribution in [-0.4, -0.2) is 33.1 Å². The molecule has 1 saturated carbocycles. The summed E-state index contributed by atoms with van der Waals surface area (Å²) in [5, 5.41) is 19.5. The van der Waals surface area contributed by atoms with Crippen molar-refractivity contribution in [3.8, 4) is 11.1 Å². The molecule has 1 aliphatic rings. The maximum atomic E-state index is 13.2. The van der Waals surface area contributed by atoms with E-state index in [4.69, 9.17) is 0 Å². The monoisotopic (exact) mass is 667 g/mol. The van der Waals surface area contributed by atoms with E-state index >= 15 is 0 Å². The van der Waals surface area contributed by atoms with Gasteiger partial charge in [0.1, 0.15) is 11.3 Å². The van der Waals surface area contributed by atoms with Gasteiger partial charge in [0.2, 0.25) is 0 Å². The van der Waals surface area contributed by atoms with Crippen molar-refractivity contribution in [2.75, 3.05) is 7.05 Å². The number of aromatic amines is 1. The summed E-state index contributed by atoms with van der Waals surface area (Å²) < 4.78 is 52.0. The number of halogens is 4. The molecule has 9 nitrogen and oxygen atoms in total. The first-order valence-corrected chi connectivity index (χ1v) is 16.0. The van der Waals surface area contributed by atoms with Crippen molar-refractivity contribution < 1.29 is 27.4 Å². The van der Waals surface area contributed by atoms with Crippen LogP contribution in [0.4, 0.5) is 17.7 Å². The Morgan fingerprint density at radius 3 is 2.50 bits per heavy atom. The second-order valence-electron chi connectivity index (χ2n) is 12.1. The molecule has 1 fully saturated rings. The molecule has 0 aliphatic heterocycles. The Balaban J connectivity index is 0.000000225.